The van der Waals surface area contributed by atoms with Crippen LogP contribution in [-0.4, -0.2) is 112 Å². The lowest BCUT2D eigenvalue weighted by molar-refractivity contribution is -0.151. The van der Waals surface area contributed by atoms with E-state index in [2.05, 4.69) is 49.3 Å². The van der Waals surface area contributed by atoms with Crippen LogP contribution in [0.15, 0.2) is 54.7 Å². The molecule has 7 heterocycles. The van der Waals surface area contributed by atoms with Gasteiger partial charge in [0.25, 0.3) is 0 Å². The van der Waals surface area contributed by atoms with Crippen LogP contribution in [0.1, 0.15) is 119 Å². The summed E-state index contributed by atoms with van der Waals surface area (Å²) in [7, 11) is 0. The van der Waals surface area contributed by atoms with E-state index in [-0.39, 0.29) is 57.5 Å². The van der Waals surface area contributed by atoms with Gasteiger partial charge in [-0.1, -0.05) is 37.3 Å². The van der Waals surface area contributed by atoms with E-state index in [1.165, 1.54) is 43.4 Å². The Morgan fingerprint density at radius 3 is 2.38 bits per heavy atom. The Bertz CT molecular complexity index is 2810. The molecular weight excluding hydrogens is 877 g/mol. The van der Waals surface area contributed by atoms with E-state index < -0.39 is 5.82 Å². The van der Waals surface area contributed by atoms with Gasteiger partial charge in [0, 0.05) is 55.7 Å². The van der Waals surface area contributed by atoms with Crippen molar-refractivity contribution in [3.8, 4) is 23.0 Å². The van der Waals surface area contributed by atoms with Gasteiger partial charge in [-0.05, 0) is 160 Å². The molecule has 2 unspecified atom stereocenters. The largest absolute Gasteiger partial charge is 0.508 e. The highest BCUT2D eigenvalue weighted by molar-refractivity contribution is 6.02. The third-order valence-electron chi connectivity index (χ3n) is 17.6. The van der Waals surface area contributed by atoms with E-state index in [4.69, 9.17) is 19.4 Å². The van der Waals surface area contributed by atoms with Crippen LogP contribution in [0.2, 0.25) is 0 Å². The topological polar surface area (TPSA) is 133 Å². The first kappa shape index (κ1) is 44.9. The first-order valence-electron chi connectivity index (χ1n) is 25.7. The maximum absolute atomic E-state index is 17.2. The van der Waals surface area contributed by atoms with Gasteiger partial charge in [-0.2, -0.15) is 9.97 Å². The molecule has 362 valence electrons. The number of rotatable bonds is 11. The molecule has 5 aliphatic heterocycles. The molecule has 2 saturated carbocycles. The molecule has 12 nitrogen and oxygen atoms in total. The molecule has 5 saturated heterocycles. The van der Waals surface area contributed by atoms with Crippen LogP contribution in [-0.2, 0) is 20.7 Å². The number of halogens is 2. The number of pyridine rings is 1. The molecule has 5 aromatic rings. The van der Waals surface area contributed by atoms with Crippen molar-refractivity contribution in [2.24, 2.45) is 10.8 Å². The third kappa shape index (κ3) is 8.41. The van der Waals surface area contributed by atoms with Crippen LogP contribution in [0.25, 0.3) is 32.9 Å². The summed E-state index contributed by atoms with van der Waals surface area (Å²) >= 11 is 0. The van der Waals surface area contributed by atoms with E-state index >= 15 is 8.78 Å². The van der Waals surface area contributed by atoms with Crippen molar-refractivity contribution < 1.29 is 33.0 Å². The molecule has 12 rings (SSSR count). The monoisotopic (exact) mass is 939 g/mol. The lowest BCUT2D eigenvalue weighted by Gasteiger charge is -2.56. The van der Waals surface area contributed by atoms with Gasteiger partial charge in [0.05, 0.1) is 30.1 Å². The average molecular weight is 940 g/mol. The number of phenolic OH excluding ortho intramolecular Hbond substituents is 1. The number of hydrogen-bond donors (Lipinski definition) is 2. The third-order valence-corrected chi connectivity index (χ3v) is 17.6. The molecule has 2 spiro atoms. The summed E-state index contributed by atoms with van der Waals surface area (Å²) in [5, 5.41) is 14.9. The number of nitrogens with one attached hydrogen (secondary N) is 1. The highest BCUT2D eigenvalue weighted by Crippen LogP contribution is 2.54. The number of amides is 2. The van der Waals surface area contributed by atoms with Crippen molar-refractivity contribution in [3.05, 3.63) is 83.1 Å². The molecule has 0 radical (unpaired) electrons. The minimum atomic E-state index is -0.660. The van der Waals surface area contributed by atoms with Crippen LogP contribution in [0.3, 0.4) is 0 Å². The Kier molecular flexibility index (Phi) is 11.4. The predicted octanol–water partition coefficient (Wildman–Crippen LogP) is 8.95. The van der Waals surface area contributed by atoms with Gasteiger partial charge >= 0.3 is 6.01 Å². The van der Waals surface area contributed by atoms with Gasteiger partial charge in [0.15, 0.2) is 5.82 Å². The zero-order valence-corrected chi connectivity index (χ0v) is 39.7. The smallest absolute Gasteiger partial charge is 0.319 e. The molecule has 0 bridgehead atoms. The molecule has 2 N–H and O–H groups in total. The minimum absolute atomic E-state index is 0.00124. The van der Waals surface area contributed by atoms with Gasteiger partial charge in [0.1, 0.15) is 28.6 Å². The van der Waals surface area contributed by atoms with Crippen molar-refractivity contribution in [3.63, 3.8) is 0 Å². The Morgan fingerprint density at radius 2 is 1.67 bits per heavy atom. The van der Waals surface area contributed by atoms with Crippen molar-refractivity contribution >= 4 is 39.3 Å². The summed E-state index contributed by atoms with van der Waals surface area (Å²) in [5.74, 6) is -0.571. The van der Waals surface area contributed by atoms with Crippen molar-refractivity contribution in [2.75, 3.05) is 63.9 Å². The summed E-state index contributed by atoms with van der Waals surface area (Å²) in [6, 6.07) is 15.4. The summed E-state index contributed by atoms with van der Waals surface area (Å²) in [6.45, 7) is 9.84. The standard InChI is InChI=1S/C55H63F2N7O5/c1-2-40-44(56)10-8-37-26-39(65)27-42(46(37)40)48-47(57)49-43(30-58-48)50(64-20-3-14-55(32-64)19-25-69-55)61-52(60-49)68-33-54(15-16-54)31-62-23-17-53(18-24-62)28-38(29-53)63-21-12-35(13-22-63)34-4-6-36(7-5-34)41-9-11-45(66)59-51(41)67/h4-8,10,26-27,30,35,38,41,65H,2-3,9,11-25,28-29,31-33H2,1H3,(H,59,66,67). The van der Waals surface area contributed by atoms with E-state index in [9.17, 15) is 14.7 Å². The second-order valence-electron chi connectivity index (χ2n) is 21.9. The quantitative estimate of drug-likeness (QED) is 0.123. The average Bonchev–Trinajstić information content (AvgIpc) is 4.11. The second kappa shape index (κ2) is 17.5. The molecular formula is C55H63F2N7O5. The van der Waals surface area contributed by atoms with Crippen LogP contribution in [0.4, 0.5) is 14.6 Å². The summed E-state index contributed by atoms with van der Waals surface area (Å²) in [5.41, 5.74) is 3.41. The molecule has 3 aromatic carbocycles. The SMILES string of the molecule is CCc1c(F)ccc2cc(O)cc(-c3ncc4c(N5CCCC6(CCO6)C5)nc(OCC5(CN6CCC7(CC6)CC(N6CCC(c8ccc(C9CCC(=O)NC9=O)cc8)CC6)C7)CC5)nc4c3F)c12. The zero-order chi connectivity index (χ0) is 47.1. The van der Waals surface area contributed by atoms with Crippen LogP contribution in [0.5, 0.6) is 11.8 Å². The maximum Gasteiger partial charge on any atom is 0.319 e. The molecule has 69 heavy (non-hydrogen) atoms. The summed E-state index contributed by atoms with van der Waals surface area (Å²) < 4.78 is 45.1. The van der Waals surface area contributed by atoms with Crippen LogP contribution >= 0.6 is 0 Å². The first-order chi connectivity index (χ1) is 33.5. The molecule has 2 aromatic heterocycles. The van der Waals surface area contributed by atoms with Gasteiger partial charge in [0.2, 0.25) is 11.8 Å². The van der Waals surface area contributed by atoms with Gasteiger partial charge < -0.3 is 29.3 Å². The zero-order valence-electron chi connectivity index (χ0n) is 39.7. The Morgan fingerprint density at radius 1 is 0.899 bits per heavy atom. The molecule has 2 atom stereocenters. The van der Waals surface area contributed by atoms with E-state index in [0.717, 1.165) is 96.4 Å². The number of carbonyl (C=O) groups excluding carboxylic acids is 2. The number of carbonyl (C=O) groups is 2. The lowest BCUT2D eigenvalue weighted by atomic mass is 9.59. The van der Waals surface area contributed by atoms with Gasteiger partial charge in [-0.3, -0.25) is 19.9 Å². The number of anilines is 1. The fourth-order valence-corrected chi connectivity index (χ4v) is 13.2. The number of fused-ring (bicyclic) bond motifs is 2. The van der Waals surface area contributed by atoms with Crippen LogP contribution < -0.4 is 15.0 Å². The Balaban J connectivity index is 0.694. The molecule has 7 aliphatic rings. The van der Waals surface area contributed by atoms with E-state index in [1.807, 2.05) is 6.92 Å². The predicted molar refractivity (Wildman–Crippen MR) is 259 cm³/mol. The van der Waals surface area contributed by atoms with E-state index in [0.29, 0.717) is 82.9 Å². The maximum atomic E-state index is 17.2. The number of imide groups is 1. The number of ether oxygens (including phenoxy) is 2. The highest BCUT2D eigenvalue weighted by atomic mass is 19.1. The number of hydrogen-bond acceptors (Lipinski definition) is 11. The van der Waals surface area contributed by atoms with Crippen molar-refractivity contribution in [1.82, 2.24) is 30.1 Å². The number of aryl methyl sites for hydroxylation is 1. The highest BCUT2D eigenvalue weighted by Gasteiger charge is 2.51. The number of aromatic nitrogens is 3. The van der Waals surface area contributed by atoms with Crippen LogP contribution in [0, 0.1) is 22.5 Å². The van der Waals surface area contributed by atoms with Gasteiger partial charge in [-0.15, -0.1) is 0 Å². The number of piperidine rings is 4. The summed E-state index contributed by atoms with van der Waals surface area (Å²) in [4.78, 5) is 46.0. The summed E-state index contributed by atoms with van der Waals surface area (Å²) in [6.07, 6.45) is 15.3. The fraction of sp³-hybridized carbons (Fsp3) is 0.545. The number of nitrogens with zero attached hydrogens (tertiary/aromatic N) is 6. The normalized spacial score (nSPS) is 25.3. The lowest BCUT2D eigenvalue weighted by Crippen LogP contribution is -2.56. The van der Waals surface area contributed by atoms with Gasteiger partial charge in [-0.25, -0.2) is 8.78 Å². The molecule has 7 fully saturated rings. The van der Waals surface area contributed by atoms with E-state index in [1.54, 1.807) is 18.3 Å². The molecule has 14 heteroatoms. The number of benzene rings is 3. The first-order valence-corrected chi connectivity index (χ1v) is 25.7. The molecule has 2 aliphatic carbocycles. The Hall–Kier alpha value is -5.31. The second-order valence-corrected chi connectivity index (χ2v) is 21.9. The van der Waals surface area contributed by atoms with Crippen molar-refractivity contribution in [1.29, 1.82) is 0 Å². The fourth-order valence-electron chi connectivity index (χ4n) is 13.2. The number of likely N-dealkylation sites (tertiary alicyclic amines) is 2. The number of phenols is 1. The Labute approximate surface area is 402 Å². The minimum Gasteiger partial charge on any atom is -0.508 e. The number of aromatic hydroxyl groups is 1. The molecule has 2 amide bonds. The van der Waals surface area contributed by atoms with Crippen molar-refractivity contribution in [2.45, 2.75) is 120 Å².